The molecule has 0 unspecified atom stereocenters. The third-order valence-electron chi connectivity index (χ3n) is 4.28. The van der Waals surface area contributed by atoms with Crippen LogP contribution in [-0.4, -0.2) is 25.7 Å². The van der Waals surface area contributed by atoms with E-state index in [1.54, 1.807) is 0 Å². The number of benzene rings is 1. The van der Waals surface area contributed by atoms with Crippen molar-refractivity contribution in [1.29, 1.82) is 0 Å². The second-order valence-corrected chi connectivity index (χ2v) is 5.70. The normalized spacial score (nSPS) is 16.1. The maximum atomic E-state index is 12.2. The van der Waals surface area contributed by atoms with E-state index in [0.717, 1.165) is 48.3 Å². The largest absolute Gasteiger partial charge is 0.462 e. The van der Waals surface area contributed by atoms with Crippen molar-refractivity contribution in [2.75, 3.05) is 25.4 Å². The van der Waals surface area contributed by atoms with Gasteiger partial charge in [0.2, 0.25) is 0 Å². The predicted molar refractivity (Wildman–Crippen MR) is 80.9 cm³/mol. The van der Waals surface area contributed by atoms with E-state index in [1.807, 2.05) is 26.8 Å². The van der Waals surface area contributed by atoms with Crippen molar-refractivity contribution in [3.8, 4) is 0 Å². The summed E-state index contributed by atoms with van der Waals surface area (Å²) in [6.07, 6.45) is 2.15. The average Bonchev–Trinajstić information content (AvgIpc) is 2.47. The van der Waals surface area contributed by atoms with Crippen LogP contribution in [0.1, 0.15) is 39.9 Å². The number of anilines is 1. The first-order valence-corrected chi connectivity index (χ1v) is 7.24. The van der Waals surface area contributed by atoms with Gasteiger partial charge < -0.3 is 15.8 Å². The summed E-state index contributed by atoms with van der Waals surface area (Å²) < 4.78 is 5.49. The maximum Gasteiger partial charge on any atom is 0.338 e. The molecule has 1 heterocycles. The topological polar surface area (TPSA) is 64.3 Å². The number of nitrogens with two attached hydrogens (primary N) is 1. The minimum atomic E-state index is -0.229. The van der Waals surface area contributed by atoms with Crippen LogP contribution in [0.3, 0.4) is 0 Å². The fraction of sp³-hybridized carbons (Fsp3) is 0.562. The molecule has 20 heavy (non-hydrogen) atoms. The smallest absolute Gasteiger partial charge is 0.338 e. The molecule has 0 saturated carbocycles. The Balaban J connectivity index is 2.05. The van der Waals surface area contributed by atoms with Crippen molar-refractivity contribution < 1.29 is 9.53 Å². The number of hydrogen-bond donors (Lipinski definition) is 2. The van der Waals surface area contributed by atoms with Crippen LogP contribution in [0.2, 0.25) is 0 Å². The van der Waals surface area contributed by atoms with Crippen molar-refractivity contribution in [2.24, 2.45) is 5.92 Å². The van der Waals surface area contributed by atoms with Crippen LogP contribution in [0.5, 0.6) is 0 Å². The lowest BCUT2D eigenvalue weighted by molar-refractivity contribution is 0.0415. The highest BCUT2D eigenvalue weighted by Crippen LogP contribution is 2.24. The molecule has 1 aromatic rings. The van der Waals surface area contributed by atoms with Crippen LogP contribution >= 0.6 is 0 Å². The first-order valence-electron chi connectivity index (χ1n) is 7.24. The Morgan fingerprint density at radius 1 is 1.30 bits per heavy atom. The number of piperidine rings is 1. The molecule has 2 rings (SSSR count). The van der Waals surface area contributed by atoms with Crippen molar-refractivity contribution in [2.45, 2.75) is 33.6 Å². The van der Waals surface area contributed by atoms with Gasteiger partial charge in [-0.25, -0.2) is 4.79 Å². The van der Waals surface area contributed by atoms with Crippen LogP contribution < -0.4 is 11.1 Å². The van der Waals surface area contributed by atoms with E-state index in [2.05, 4.69) is 5.32 Å². The molecule has 4 heteroatoms. The van der Waals surface area contributed by atoms with Crippen LogP contribution in [0.25, 0.3) is 0 Å². The summed E-state index contributed by atoms with van der Waals surface area (Å²) in [6.45, 7) is 8.34. The van der Waals surface area contributed by atoms with E-state index < -0.39 is 0 Å². The molecule has 4 nitrogen and oxygen atoms in total. The second-order valence-electron chi connectivity index (χ2n) is 5.70. The monoisotopic (exact) mass is 276 g/mol. The third kappa shape index (κ3) is 3.12. The number of esters is 1. The lowest BCUT2D eigenvalue weighted by Gasteiger charge is -2.22. The second kappa shape index (κ2) is 6.27. The Hall–Kier alpha value is -1.55. The van der Waals surface area contributed by atoms with Gasteiger partial charge in [0.25, 0.3) is 0 Å². The number of carbonyl (C=O) groups excluding carboxylic acids is 1. The summed E-state index contributed by atoms with van der Waals surface area (Å²) in [4.78, 5) is 12.2. The van der Waals surface area contributed by atoms with Gasteiger partial charge in [0, 0.05) is 5.69 Å². The summed E-state index contributed by atoms with van der Waals surface area (Å²) in [5.74, 6) is 0.253. The molecule has 1 aliphatic rings. The Labute approximate surface area is 120 Å². The number of rotatable bonds is 3. The van der Waals surface area contributed by atoms with Crippen LogP contribution in [0.15, 0.2) is 6.07 Å². The standard InChI is InChI=1S/C16H24N2O2/c1-10-8-14(11(2)12(3)15(10)17)16(19)20-9-13-4-6-18-7-5-13/h8,13,18H,4-7,9,17H2,1-3H3. The Morgan fingerprint density at radius 3 is 2.60 bits per heavy atom. The number of aryl methyl sites for hydroxylation is 1. The zero-order valence-electron chi connectivity index (χ0n) is 12.6. The van der Waals surface area contributed by atoms with Crippen molar-refractivity contribution in [1.82, 2.24) is 5.32 Å². The summed E-state index contributed by atoms with van der Waals surface area (Å²) >= 11 is 0. The van der Waals surface area contributed by atoms with Crippen molar-refractivity contribution in [3.05, 3.63) is 28.3 Å². The van der Waals surface area contributed by atoms with E-state index in [9.17, 15) is 4.79 Å². The summed E-state index contributed by atoms with van der Waals surface area (Å²) in [5.41, 5.74) is 10.2. The number of nitrogens with one attached hydrogen (secondary N) is 1. The van der Waals surface area contributed by atoms with Crippen molar-refractivity contribution >= 4 is 11.7 Å². The highest BCUT2D eigenvalue weighted by atomic mass is 16.5. The molecule has 0 spiro atoms. The van der Waals surface area contributed by atoms with Gasteiger partial charge in [-0.15, -0.1) is 0 Å². The van der Waals surface area contributed by atoms with E-state index in [4.69, 9.17) is 10.5 Å². The van der Waals surface area contributed by atoms with Gasteiger partial charge in [-0.05, 0) is 75.4 Å². The fourth-order valence-corrected chi connectivity index (χ4v) is 2.63. The van der Waals surface area contributed by atoms with E-state index >= 15 is 0 Å². The first-order chi connectivity index (χ1) is 9.50. The number of nitrogen functional groups attached to an aromatic ring is 1. The SMILES string of the molecule is Cc1cc(C(=O)OCC2CCNCC2)c(C)c(C)c1N. The molecule has 110 valence electrons. The zero-order chi connectivity index (χ0) is 14.7. The zero-order valence-corrected chi connectivity index (χ0v) is 12.6. The molecule has 0 atom stereocenters. The van der Waals surface area contributed by atoms with Gasteiger partial charge in [-0.2, -0.15) is 0 Å². The molecule has 0 radical (unpaired) electrons. The molecule has 3 N–H and O–H groups in total. The van der Waals surface area contributed by atoms with Gasteiger partial charge in [0.05, 0.1) is 12.2 Å². The molecule has 1 fully saturated rings. The Bertz CT molecular complexity index is 506. The summed E-state index contributed by atoms with van der Waals surface area (Å²) in [7, 11) is 0. The summed E-state index contributed by atoms with van der Waals surface area (Å²) in [5, 5.41) is 3.31. The maximum absolute atomic E-state index is 12.2. The molecule has 0 amide bonds. The van der Waals surface area contributed by atoms with Gasteiger partial charge in [-0.1, -0.05) is 0 Å². The highest BCUT2D eigenvalue weighted by molar-refractivity contribution is 5.92. The number of ether oxygens (including phenoxy) is 1. The fourth-order valence-electron chi connectivity index (χ4n) is 2.63. The lowest BCUT2D eigenvalue weighted by atomic mass is 9.97. The number of carbonyl (C=O) groups is 1. The van der Waals surface area contributed by atoms with Crippen molar-refractivity contribution in [3.63, 3.8) is 0 Å². The predicted octanol–water partition coefficient (Wildman–Crippen LogP) is 2.35. The molecule has 1 aliphatic heterocycles. The van der Waals surface area contributed by atoms with E-state index in [0.29, 0.717) is 18.1 Å². The molecule has 1 saturated heterocycles. The van der Waals surface area contributed by atoms with E-state index in [-0.39, 0.29) is 5.97 Å². The number of hydrogen-bond acceptors (Lipinski definition) is 4. The van der Waals surface area contributed by atoms with Gasteiger partial charge in [0.1, 0.15) is 0 Å². The van der Waals surface area contributed by atoms with Crippen LogP contribution in [0, 0.1) is 26.7 Å². The minimum Gasteiger partial charge on any atom is -0.462 e. The molecular formula is C16H24N2O2. The van der Waals surface area contributed by atoms with E-state index in [1.165, 1.54) is 0 Å². The van der Waals surface area contributed by atoms with Crippen LogP contribution in [-0.2, 0) is 4.74 Å². The van der Waals surface area contributed by atoms with Gasteiger partial charge >= 0.3 is 5.97 Å². The quantitative estimate of drug-likeness (QED) is 0.657. The summed E-state index contributed by atoms with van der Waals surface area (Å²) in [6, 6.07) is 1.84. The van der Waals surface area contributed by atoms with Gasteiger partial charge in [-0.3, -0.25) is 0 Å². The first kappa shape index (κ1) is 14.9. The van der Waals surface area contributed by atoms with Crippen LogP contribution in [0.4, 0.5) is 5.69 Å². The molecule has 0 aromatic heterocycles. The lowest BCUT2D eigenvalue weighted by Crippen LogP contribution is -2.30. The molecular weight excluding hydrogens is 252 g/mol. The van der Waals surface area contributed by atoms with Gasteiger partial charge in [0.15, 0.2) is 0 Å². The third-order valence-corrected chi connectivity index (χ3v) is 4.28. The highest BCUT2D eigenvalue weighted by Gasteiger charge is 2.18. The molecule has 0 aliphatic carbocycles. The average molecular weight is 276 g/mol. The molecule has 1 aromatic carbocycles. The Morgan fingerprint density at radius 2 is 1.95 bits per heavy atom. The Kier molecular flexibility index (Phi) is 4.65. The molecule has 0 bridgehead atoms. The minimum absolute atomic E-state index is 0.229.